The second-order valence-electron chi connectivity index (χ2n) is 6.21. The Morgan fingerprint density at radius 2 is 2.17 bits per heavy atom. The number of hydrogen-bond donors (Lipinski definition) is 1. The van der Waals surface area contributed by atoms with Crippen molar-refractivity contribution in [1.82, 2.24) is 15.3 Å². The van der Waals surface area contributed by atoms with Crippen LogP contribution in [0.15, 0.2) is 17.2 Å². The summed E-state index contributed by atoms with van der Waals surface area (Å²) in [6.45, 7) is 4.18. The molecule has 1 N–H and O–H groups in total. The first-order valence-corrected chi connectivity index (χ1v) is 9.30. The van der Waals surface area contributed by atoms with Crippen LogP contribution in [-0.2, 0) is 4.79 Å². The number of imide groups is 1. The van der Waals surface area contributed by atoms with E-state index in [-0.39, 0.29) is 11.1 Å². The van der Waals surface area contributed by atoms with Crippen molar-refractivity contribution in [3.63, 3.8) is 0 Å². The molecule has 2 amide bonds. The van der Waals surface area contributed by atoms with Gasteiger partial charge < -0.3 is 4.90 Å². The number of nitrogens with zero attached hydrogens (tertiary/aromatic N) is 3. The number of nitrogens with one attached hydrogen (secondary N) is 1. The summed E-state index contributed by atoms with van der Waals surface area (Å²) >= 11 is 0.905. The lowest BCUT2D eigenvalue weighted by Crippen LogP contribution is -2.34. The Labute approximate surface area is 146 Å². The first-order chi connectivity index (χ1) is 11.7. The fourth-order valence-electron chi connectivity index (χ4n) is 3.06. The Morgan fingerprint density at radius 1 is 1.38 bits per heavy atom. The molecule has 3 rings (SSSR count). The number of aromatic nitrogens is 2. The number of anilines is 1. The van der Waals surface area contributed by atoms with E-state index in [4.69, 9.17) is 0 Å². The predicted molar refractivity (Wildman–Crippen MR) is 95.6 cm³/mol. The minimum absolute atomic E-state index is 0.338. The lowest BCUT2D eigenvalue weighted by atomic mass is 9.92. The van der Waals surface area contributed by atoms with Crippen LogP contribution in [0.4, 0.5) is 10.7 Å². The zero-order valence-corrected chi connectivity index (χ0v) is 14.6. The van der Waals surface area contributed by atoms with E-state index < -0.39 is 0 Å². The Bertz CT molecular complexity index is 654. The molecule has 2 aliphatic rings. The van der Waals surface area contributed by atoms with Crippen LogP contribution < -0.4 is 10.2 Å². The van der Waals surface area contributed by atoms with Gasteiger partial charge in [-0.05, 0) is 42.7 Å². The number of rotatable bonds is 5. The minimum atomic E-state index is -0.359. The largest absolute Gasteiger partial charge is 0.341 e. The van der Waals surface area contributed by atoms with Gasteiger partial charge in [-0.3, -0.25) is 14.9 Å². The molecule has 1 aromatic heterocycles. The summed E-state index contributed by atoms with van der Waals surface area (Å²) in [6, 6.07) is 1.75. The minimum Gasteiger partial charge on any atom is -0.341 e. The molecule has 0 bridgehead atoms. The van der Waals surface area contributed by atoms with Crippen molar-refractivity contribution in [3.8, 4) is 0 Å². The molecule has 0 radical (unpaired) electrons. The molecular weight excluding hydrogens is 324 g/mol. The van der Waals surface area contributed by atoms with Gasteiger partial charge in [-0.1, -0.05) is 26.2 Å². The summed E-state index contributed by atoms with van der Waals surface area (Å²) < 4.78 is 0. The van der Waals surface area contributed by atoms with E-state index in [0.29, 0.717) is 16.5 Å². The number of unbranched alkanes of at least 4 members (excludes halogenated alkanes) is 1. The third-order valence-corrected chi connectivity index (χ3v) is 5.26. The van der Waals surface area contributed by atoms with Gasteiger partial charge in [0.05, 0.1) is 10.6 Å². The van der Waals surface area contributed by atoms with E-state index in [1.165, 1.54) is 32.1 Å². The highest BCUT2D eigenvalue weighted by Gasteiger charge is 2.25. The molecule has 24 heavy (non-hydrogen) atoms. The first kappa shape index (κ1) is 17.0. The lowest BCUT2D eigenvalue weighted by Gasteiger charge is -2.32. The van der Waals surface area contributed by atoms with Gasteiger partial charge in [0, 0.05) is 19.3 Å². The first-order valence-electron chi connectivity index (χ1n) is 8.48. The van der Waals surface area contributed by atoms with Crippen molar-refractivity contribution in [2.75, 3.05) is 18.0 Å². The fourth-order valence-corrected chi connectivity index (χ4v) is 3.73. The molecule has 128 valence electrons. The van der Waals surface area contributed by atoms with Crippen LogP contribution in [0, 0.1) is 5.92 Å². The zero-order chi connectivity index (χ0) is 16.9. The summed E-state index contributed by atoms with van der Waals surface area (Å²) in [4.78, 5) is 34.3. The van der Waals surface area contributed by atoms with E-state index in [9.17, 15) is 9.59 Å². The number of amides is 2. The number of piperidine rings is 1. The Balaban J connectivity index is 1.65. The van der Waals surface area contributed by atoms with Gasteiger partial charge in [-0.2, -0.15) is 0 Å². The monoisotopic (exact) mass is 346 g/mol. The molecule has 2 fully saturated rings. The van der Waals surface area contributed by atoms with Gasteiger partial charge in [-0.15, -0.1) is 0 Å². The molecule has 3 heterocycles. The Hall–Kier alpha value is -1.89. The number of carbonyl (C=O) groups is 2. The molecule has 0 unspecified atom stereocenters. The zero-order valence-electron chi connectivity index (χ0n) is 13.8. The highest BCUT2D eigenvalue weighted by atomic mass is 32.2. The summed E-state index contributed by atoms with van der Waals surface area (Å²) in [6.07, 6.45) is 9.60. The summed E-state index contributed by atoms with van der Waals surface area (Å²) in [7, 11) is 0. The Kier molecular flexibility index (Phi) is 5.50. The molecule has 1 aromatic rings. The summed E-state index contributed by atoms with van der Waals surface area (Å²) in [5.41, 5.74) is 0.653. The molecule has 0 aliphatic carbocycles. The van der Waals surface area contributed by atoms with E-state index in [0.717, 1.165) is 30.8 Å². The van der Waals surface area contributed by atoms with Crippen LogP contribution in [0.25, 0.3) is 6.08 Å². The van der Waals surface area contributed by atoms with Crippen LogP contribution >= 0.6 is 11.8 Å². The molecule has 0 saturated carbocycles. The van der Waals surface area contributed by atoms with E-state index in [2.05, 4.69) is 27.1 Å². The van der Waals surface area contributed by atoms with Gasteiger partial charge in [0.2, 0.25) is 5.95 Å². The molecular formula is C17H22N4O2S. The molecule has 0 aromatic carbocycles. The van der Waals surface area contributed by atoms with Gasteiger partial charge in [0.1, 0.15) is 0 Å². The number of thioether (sulfide) groups is 1. The number of hydrogen-bond acceptors (Lipinski definition) is 6. The van der Waals surface area contributed by atoms with Crippen molar-refractivity contribution in [2.24, 2.45) is 5.92 Å². The Morgan fingerprint density at radius 3 is 2.83 bits per heavy atom. The van der Waals surface area contributed by atoms with Gasteiger partial charge in [-0.25, -0.2) is 9.97 Å². The molecule has 6 nitrogen and oxygen atoms in total. The lowest BCUT2D eigenvalue weighted by molar-refractivity contribution is -0.115. The number of carbonyl (C=O) groups excluding carboxylic acids is 2. The normalized spacial score (nSPS) is 20.7. The van der Waals surface area contributed by atoms with Crippen molar-refractivity contribution in [2.45, 2.75) is 39.0 Å². The molecule has 0 spiro atoms. The predicted octanol–water partition coefficient (Wildman–Crippen LogP) is 3.21. The average Bonchev–Trinajstić information content (AvgIpc) is 2.91. The molecule has 0 atom stereocenters. The van der Waals surface area contributed by atoms with Gasteiger partial charge in [0.25, 0.3) is 11.1 Å². The van der Waals surface area contributed by atoms with Crippen LogP contribution in [0.2, 0.25) is 0 Å². The van der Waals surface area contributed by atoms with Crippen LogP contribution in [0.1, 0.15) is 44.7 Å². The maximum absolute atomic E-state index is 11.6. The third-order valence-electron chi connectivity index (χ3n) is 4.45. The maximum Gasteiger partial charge on any atom is 0.290 e. The standard InChI is InChI=1S/C17H22N4O2S/c1-2-3-4-12-6-9-21(10-7-12)16-18-8-5-13(19-16)11-14-15(22)20-17(23)24-14/h5,8,11-12H,2-4,6-7,9-10H2,1H3,(H,20,22,23)/b14-11-. The van der Waals surface area contributed by atoms with Crippen molar-refractivity contribution in [1.29, 1.82) is 0 Å². The molecule has 7 heteroatoms. The maximum atomic E-state index is 11.6. The third kappa shape index (κ3) is 4.14. The van der Waals surface area contributed by atoms with Crippen LogP contribution in [0.3, 0.4) is 0 Å². The van der Waals surface area contributed by atoms with E-state index >= 15 is 0 Å². The fraction of sp³-hybridized carbons (Fsp3) is 0.529. The topological polar surface area (TPSA) is 75.2 Å². The van der Waals surface area contributed by atoms with E-state index in [1.54, 1.807) is 18.3 Å². The second-order valence-corrected chi connectivity index (χ2v) is 7.22. The summed E-state index contributed by atoms with van der Waals surface area (Å²) in [5, 5.41) is 1.91. The van der Waals surface area contributed by atoms with Gasteiger partial charge in [0.15, 0.2) is 0 Å². The van der Waals surface area contributed by atoms with Crippen molar-refractivity contribution < 1.29 is 9.59 Å². The summed E-state index contributed by atoms with van der Waals surface area (Å²) in [5.74, 6) is 1.16. The van der Waals surface area contributed by atoms with Gasteiger partial charge >= 0.3 is 0 Å². The smallest absolute Gasteiger partial charge is 0.290 e. The highest BCUT2D eigenvalue weighted by Crippen LogP contribution is 2.27. The van der Waals surface area contributed by atoms with Crippen LogP contribution in [-0.4, -0.2) is 34.2 Å². The quantitative estimate of drug-likeness (QED) is 0.825. The molecule has 2 saturated heterocycles. The highest BCUT2D eigenvalue weighted by molar-refractivity contribution is 8.18. The van der Waals surface area contributed by atoms with E-state index in [1.807, 2.05) is 0 Å². The second kappa shape index (κ2) is 7.79. The molecule has 2 aliphatic heterocycles. The average molecular weight is 346 g/mol. The SMILES string of the molecule is CCCCC1CCN(c2nccc(/C=C3\SC(=O)NC3=O)n2)CC1. The van der Waals surface area contributed by atoms with Crippen LogP contribution in [0.5, 0.6) is 0 Å². The van der Waals surface area contributed by atoms with Crippen molar-refractivity contribution >= 4 is 34.9 Å². The van der Waals surface area contributed by atoms with Crippen molar-refractivity contribution in [3.05, 3.63) is 22.9 Å².